The highest BCUT2D eigenvalue weighted by molar-refractivity contribution is 7.09. The van der Waals surface area contributed by atoms with Crippen molar-refractivity contribution < 1.29 is 4.79 Å². The molecule has 1 aliphatic rings. The fourth-order valence-electron chi connectivity index (χ4n) is 2.01. The first-order valence-corrected chi connectivity index (χ1v) is 6.31. The Morgan fingerprint density at radius 3 is 2.80 bits per heavy atom. The Hall–Kier alpha value is -0.740. The third kappa shape index (κ3) is 2.26. The molecule has 0 spiro atoms. The van der Waals surface area contributed by atoms with E-state index in [2.05, 4.69) is 4.98 Å². The Kier molecular flexibility index (Phi) is 3.17. The molecule has 1 saturated carbocycles. The summed E-state index contributed by atoms with van der Waals surface area (Å²) in [5, 5.41) is 2.70. The van der Waals surface area contributed by atoms with E-state index in [4.69, 9.17) is 5.73 Å². The summed E-state index contributed by atoms with van der Waals surface area (Å²) < 4.78 is 0. The number of rotatable bonds is 3. The number of nitrogens with zero attached hydrogens (tertiary/aromatic N) is 1. The van der Waals surface area contributed by atoms with Crippen LogP contribution in [0, 0.1) is 5.92 Å². The van der Waals surface area contributed by atoms with Crippen molar-refractivity contribution in [3.63, 3.8) is 0 Å². The molecule has 1 heterocycles. The zero-order valence-corrected chi connectivity index (χ0v) is 9.72. The number of thiazole rings is 1. The van der Waals surface area contributed by atoms with Crippen molar-refractivity contribution in [1.82, 2.24) is 4.98 Å². The van der Waals surface area contributed by atoms with Crippen LogP contribution >= 0.6 is 11.3 Å². The first-order chi connectivity index (χ1) is 7.18. The highest BCUT2D eigenvalue weighted by atomic mass is 32.1. The number of hydrogen-bond donors (Lipinski definition) is 1. The van der Waals surface area contributed by atoms with E-state index in [1.54, 1.807) is 0 Å². The maximum atomic E-state index is 12.0. The summed E-state index contributed by atoms with van der Waals surface area (Å²) in [6, 6.07) is -0.0693. The van der Waals surface area contributed by atoms with Gasteiger partial charge in [-0.25, -0.2) is 4.98 Å². The lowest BCUT2D eigenvalue weighted by molar-refractivity contribution is 0.0918. The molecule has 0 aromatic carbocycles. The van der Waals surface area contributed by atoms with Crippen LogP contribution in [0.5, 0.6) is 0 Å². The summed E-state index contributed by atoms with van der Waals surface area (Å²) in [5.41, 5.74) is 6.34. The van der Waals surface area contributed by atoms with E-state index < -0.39 is 0 Å². The number of nitrogens with two attached hydrogens (primary N) is 1. The van der Waals surface area contributed by atoms with Crippen LogP contribution in [0.1, 0.15) is 54.1 Å². The number of Topliss-reactive ketones (excluding diaryl/α,β-unsaturated/α-hetero) is 1. The second-order valence-corrected chi connectivity index (χ2v) is 5.09. The minimum Gasteiger partial charge on any atom is -0.322 e. The Bertz CT molecular complexity index is 353. The normalized spacial score (nSPS) is 19.3. The van der Waals surface area contributed by atoms with Gasteiger partial charge in [0, 0.05) is 11.3 Å². The van der Waals surface area contributed by atoms with Gasteiger partial charge in [-0.05, 0) is 19.8 Å². The van der Waals surface area contributed by atoms with Crippen molar-refractivity contribution in [2.45, 2.75) is 38.6 Å². The van der Waals surface area contributed by atoms with Crippen LogP contribution in [0.3, 0.4) is 0 Å². The zero-order valence-electron chi connectivity index (χ0n) is 8.90. The fourth-order valence-corrected chi connectivity index (χ4v) is 2.77. The van der Waals surface area contributed by atoms with Crippen molar-refractivity contribution in [3.8, 4) is 0 Å². The summed E-state index contributed by atoms with van der Waals surface area (Å²) in [6.07, 6.45) is 4.43. The van der Waals surface area contributed by atoms with Gasteiger partial charge in [0.05, 0.1) is 6.04 Å². The van der Waals surface area contributed by atoms with E-state index in [1.807, 2.05) is 12.3 Å². The molecule has 1 aromatic heterocycles. The molecule has 15 heavy (non-hydrogen) atoms. The van der Waals surface area contributed by atoms with E-state index in [0.717, 1.165) is 17.8 Å². The van der Waals surface area contributed by atoms with E-state index in [1.165, 1.54) is 24.2 Å². The molecule has 1 atom stereocenters. The quantitative estimate of drug-likeness (QED) is 0.803. The van der Waals surface area contributed by atoms with Crippen LogP contribution in [0.15, 0.2) is 5.38 Å². The van der Waals surface area contributed by atoms with E-state index in [-0.39, 0.29) is 17.7 Å². The molecule has 82 valence electrons. The zero-order chi connectivity index (χ0) is 10.8. The van der Waals surface area contributed by atoms with Crippen LogP contribution in [0.25, 0.3) is 0 Å². The molecule has 3 nitrogen and oxygen atoms in total. The van der Waals surface area contributed by atoms with E-state index in [9.17, 15) is 4.79 Å². The van der Waals surface area contributed by atoms with Gasteiger partial charge < -0.3 is 5.73 Å². The smallest absolute Gasteiger partial charge is 0.185 e. The van der Waals surface area contributed by atoms with Crippen molar-refractivity contribution in [2.75, 3.05) is 0 Å². The minimum absolute atomic E-state index is 0.0693. The van der Waals surface area contributed by atoms with Gasteiger partial charge in [0.25, 0.3) is 0 Å². The van der Waals surface area contributed by atoms with Crippen molar-refractivity contribution in [3.05, 3.63) is 16.1 Å². The summed E-state index contributed by atoms with van der Waals surface area (Å²) >= 11 is 1.49. The molecule has 0 radical (unpaired) electrons. The summed E-state index contributed by atoms with van der Waals surface area (Å²) in [6.45, 7) is 1.89. The molecule has 4 heteroatoms. The van der Waals surface area contributed by atoms with Gasteiger partial charge in [0.1, 0.15) is 10.7 Å². The first-order valence-electron chi connectivity index (χ1n) is 5.43. The fraction of sp³-hybridized carbons (Fsp3) is 0.636. The van der Waals surface area contributed by atoms with Crippen LogP contribution in [-0.2, 0) is 0 Å². The lowest BCUT2D eigenvalue weighted by Crippen LogP contribution is -2.12. The summed E-state index contributed by atoms with van der Waals surface area (Å²) in [4.78, 5) is 16.3. The van der Waals surface area contributed by atoms with Crippen LogP contribution in [-0.4, -0.2) is 10.8 Å². The Balaban J connectivity index is 2.11. The number of hydrogen-bond acceptors (Lipinski definition) is 4. The molecule has 1 aliphatic carbocycles. The molecule has 2 rings (SSSR count). The highest BCUT2D eigenvalue weighted by Gasteiger charge is 2.25. The van der Waals surface area contributed by atoms with Crippen molar-refractivity contribution in [1.29, 1.82) is 0 Å². The van der Waals surface area contributed by atoms with Gasteiger partial charge in [-0.3, -0.25) is 4.79 Å². The Labute approximate surface area is 93.7 Å². The maximum absolute atomic E-state index is 12.0. The molecular weight excluding hydrogens is 208 g/mol. The van der Waals surface area contributed by atoms with Crippen LogP contribution in [0.2, 0.25) is 0 Å². The van der Waals surface area contributed by atoms with E-state index in [0.29, 0.717) is 5.69 Å². The standard InChI is InChI=1S/C11H16N2OS/c1-7(12)11-13-9(6-15-11)10(14)8-4-2-3-5-8/h6-8H,2-5,12H2,1H3. The van der Waals surface area contributed by atoms with Crippen molar-refractivity contribution in [2.24, 2.45) is 11.7 Å². The Morgan fingerprint density at radius 1 is 1.60 bits per heavy atom. The van der Waals surface area contributed by atoms with Gasteiger partial charge >= 0.3 is 0 Å². The Morgan fingerprint density at radius 2 is 2.27 bits per heavy atom. The topological polar surface area (TPSA) is 56.0 Å². The largest absolute Gasteiger partial charge is 0.322 e. The van der Waals surface area contributed by atoms with Gasteiger partial charge in [0.2, 0.25) is 0 Å². The van der Waals surface area contributed by atoms with Gasteiger partial charge in [-0.2, -0.15) is 0 Å². The molecule has 2 N–H and O–H groups in total. The lowest BCUT2D eigenvalue weighted by Gasteiger charge is -2.04. The second kappa shape index (κ2) is 4.41. The van der Waals surface area contributed by atoms with Gasteiger partial charge in [-0.15, -0.1) is 11.3 Å². The maximum Gasteiger partial charge on any atom is 0.185 e. The molecule has 0 saturated heterocycles. The molecule has 0 bridgehead atoms. The SMILES string of the molecule is CC(N)c1nc(C(=O)C2CCCC2)cs1. The lowest BCUT2D eigenvalue weighted by atomic mass is 10.0. The number of carbonyl (C=O) groups is 1. The van der Waals surface area contributed by atoms with Crippen LogP contribution < -0.4 is 5.73 Å². The molecule has 1 unspecified atom stereocenters. The number of aromatic nitrogens is 1. The average molecular weight is 224 g/mol. The van der Waals surface area contributed by atoms with E-state index >= 15 is 0 Å². The molecular formula is C11H16N2OS. The third-order valence-electron chi connectivity index (χ3n) is 2.89. The molecule has 1 fully saturated rings. The molecule has 1 aromatic rings. The second-order valence-electron chi connectivity index (χ2n) is 4.21. The molecule has 0 amide bonds. The first kappa shape index (κ1) is 10.8. The predicted molar refractivity (Wildman–Crippen MR) is 61.0 cm³/mol. The number of ketones is 1. The summed E-state index contributed by atoms with van der Waals surface area (Å²) in [7, 11) is 0. The van der Waals surface area contributed by atoms with Crippen molar-refractivity contribution >= 4 is 17.1 Å². The highest BCUT2D eigenvalue weighted by Crippen LogP contribution is 2.28. The average Bonchev–Trinajstić information content (AvgIpc) is 2.88. The predicted octanol–water partition coefficient (Wildman–Crippen LogP) is 2.54. The minimum atomic E-state index is -0.0693. The monoisotopic (exact) mass is 224 g/mol. The third-order valence-corrected chi connectivity index (χ3v) is 3.94. The molecule has 0 aliphatic heterocycles. The summed E-state index contributed by atoms with van der Waals surface area (Å²) in [5.74, 6) is 0.434. The van der Waals surface area contributed by atoms with Crippen LogP contribution in [0.4, 0.5) is 0 Å². The number of carbonyl (C=O) groups excluding carboxylic acids is 1. The van der Waals surface area contributed by atoms with Gasteiger partial charge in [0.15, 0.2) is 5.78 Å². The van der Waals surface area contributed by atoms with Gasteiger partial charge in [-0.1, -0.05) is 12.8 Å².